The van der Waals surface area contributed by atoms with Crippen LogP contribution in [0.5, 0.6) is 5.75 Å². The Balaban J connectivity index is 1.49. The van der Waals surface area contributed by atoms with Crippen molar-refractivity contribution < 1.29 is 18.7 Å². The fourth-order valence-corrected chi connectivity index (χ4v) is 3.97. The molecule has 26 heavy (non-hydrogen) atoms. The number of carbonyl (C=O) groups excluding carboxylic acids is 1. The molecule has 0 bridgehead atoms. The Kier molecular flexibility index (Phi) is 4.10. The monoisotopic (exact) mass is 363 g/mol. The van der Waals surface area contributed by atoms with Gasteiger partial charge < -0.3 is 19.7 Å². The number of fused-ring (bicyclic) bond motifs is 1. The summed E-state index contributed by atoms with van der Waals surface area (Å²) in [7, 11) is 0. The van der Waals surface area contributed by atoms with Crippen LogP contribution < -0.4 is 10.1 Å². The van der Waals surface area contributed by atoms with E-state index in [1.54, 1.807) is 4.90 Å². The van der Waals surface area contributed by atoms with E-state index in [-0.39, 0.29) is 24.5 Å². The van der Waals surface area contributed by atoms with Crippen molar-refractivity contribution in [3.63, 3.8) is 0 Å². The zero-order chi connectivity index (χ0) is 18.5. The Hall–Kier alpha value is -1.89. The number of pyridine rings is 1. The van der Waals surface area contributed by atoms with E-state index in [0.29, 0.717) is 23.9 Å². The summed E-state index contributed by atoms with van der Waals surface area (Å²) in [4.78, 5) is 18.2. The topological polar surface area (TPSA) is 63.7 Å². The predicted octanol–water partition coefficient (Wildman–Crippen LogP) is 2.64. The molecule has 0 aromatic carbocycles. The van der Waals surface area contributed by atoms with Gasteiger partial charge in [0.05, 0.1) is 18.4 Å². The highest BCUT2D eigenvalue weighted by molar-refractivity contribution is 5.69. The van der Waals surface area contributed by atoms with Crippen LogP contribution in [0.25, 0.3) is 0 Å². The first-order chi connectivity index (χ1) is 12.2. The summed E-state index contributed by atoms with van der Waals surface area (Å²) in [6.07, 6.45) is 3.36. The van der Waals surface area contributed by atoms with Crippen LogP contribution >= 0.6 is 0 Å². The van der Waals surface area contributed by atoms with Crippen molar-refractivity contribution in [3.05, 3.63) is 23.3 Å². The minimum atomic E-state index is -0.562. The smallest absolute Gasteiger partial charge is 0.410 e. The number of nitrogens with one attached hydrogen (secondary N) is 1. The summed E-state index contributed by atoms with van der Waals surface area (Å²) in [5.74, 6) is -0.196. The van der Waals surface area contributed by atoms with E-state index in [1.807, 2.05) is 20.8 Å². The van der Waals surface area contributed by atoms with Crippen molar-refractivity contribution in [2.24, 2.45) is 5.41 Å². The first-order valence-electron chi connectivity index (χ1n) is 9.26. The van der Waals surface area contributed by atoms with Crippen molar-refractivity contribution >= 4 is 6.09 Å². The van der Waals surface area contributed by atoms with Gasteiger partial charge in [0.25, 0.3) is 0 Å². The minimum absolute atomic E-state index is 0.0370. The highest BCUT2D eigenvalue weighted by atomic mass is 19.1. The molecule has 6 nitrogen and oxygen atoms in total. The number of amides is 1. The zero-order valence-corrected chi connectivity index (χ0v) is 15.6. The lowest BCUT2D eigenvalue weighted by Crippen LogP contribution is -2.63. The van der Waals surface area contributed by atoms with Crippen molar-refractivity contribution in [1.29, 1.82) is 0 Å². The van der Waals surface area contributed by atoms with Gasteiger partial charge in [0.2, 0.25) is 0 Å². The molecule has 1 N–H and O–H groups in total. The van der Waals surface area contributed by atoms with Crippen molar-refractivity contribution in [2.75, 3.05) is 19.6 Å². The third-order valence-electron chi connectivity index (χ3n) is 5.40. The van der Waals surface area contributed by atoms with Crippen LogP contribution in [0.3, 0.4) is 0 Å². The van der Waals surface area contributed by atoms with E-state index >= 15 is 0 Å². The van der Waals surface area contributed by atoms with Gasteiger partial charge in [-0.1, -0.05) is 0 Å². The Labute approximate surface area is 153 Å². The number of halogens is 1. The van der Waals surface area contributed by atoms with Gasteiger partial charge in [0.1, 0.15) is 11.7 Å². The SMILES string of the molecule is CC(C)(C)OC(=O)N1CCc2ncc(F)c(OC3CC4(CNC4)C3)c2C1. The fourth-order valence-electron chi connectivity index (χ4n) is 3.97. The first-order valence-corrected chi connectivity index (χ1v) is 9.26. The molecular weight excluding hydrogens is 337 g/mol. The van der Waals surface area contributed by atoms with Gasteiger partial charge >= 0.3 is 6.09 Å². The van der Waals surface area contributed by atoms with E-state index < -0.39 is 11.4 Å². The summed E-state index contributed by atoms with van der Waals surface area (Å²) in [6.45, 7) is 8.33. The van der Waals surface area contributed by atoms with E-state index in [9.17, 15) is 9.18 Å². The Morgan fingerprint density at radius 2 is 2.12 bits per heavy atom. The van der Waals surface area contributed by atoms with E-state index in [1.165, 1.54) is 6.20 Å². The summed E-state index contributed by atoms with van der Waals surface area (Å²) in [5, 5.41) is 3.29. The lowest BCUT2D eigenvalue weighted by molar-refractivity contribution is -0.0517. The summed E-state index contributed by atoms with van der Waals surface area (Å²) < 4.78 is 25.9. The van der Waals surface area contributed by atoms with Crippen LogP contribution in [0, 0.1) is 11.2 Å². The predicted molar refractivity (Wildman–Crippen MR) is 93.5 cm³/mol. The largest absolute Gasteiger partial charge is 0.487 e. The van der Waals surface area contributed by atoms with Gasteiger partial charge in [-0.2, -0.15) is 0 Å². The minimum Gasteiger partial charge on any atom is -0.487 e. The van der Waals surface area contributed by atoms with E-state index in [4.69, 9.17) is 9.47 Å². The van der Waals surface area contributed by atoms with Gasteiger partial charge in [-0.05, 0) is 33.6 Å². The maximum atomic E-state index is 14.5. The molecule has 0 unspecified atom stereocenters. The van der Waals surface area contributed by atoms with Crippen molar-refractivity contribution in [3.8, 4) is 5.75 Å². The molecule has 0 radical (unpaired) electrons. The van der Waals surface area contributed by atoms with E-state index in [2.05, 4.69) is 10.3 Å². The number of carbonyl (C=O) groups is 1. The van der Waals surface area contributed by atoms with Crippen LogP contribution in [0.4, 0.5) is 9.18 Å². The molecular formula is C19H26FN3O3. The molecule has 0 atom stereocenters. The van der Waals surface area contributed by atoms with Gasteiger partial charge in [-0.25, -0.2) is 9.18 Å². The van der Waals surface area contributed by atoms with Gasteiger partial charge in [-0.15, -0.1) is 0 Å². The average molecular weight is 363 g/mol. The second-order valence-corrected chi connectivity index (χ2v) is 8.76. The van der Waals surface area contributed by atoms with Crippen LogP contribution in [-0.4, -0.2) is 47.3 Å². The Morgan fingerprint density at radius 3 is 2.73 bits per heavy atom. The molecule has 142 valence electrons. The normalized spacial score (nSPS) is 21.6. The first kappa shape index (κ1) is 17.5. The van der Waals surface area contributed by atoms with Crippen LogP contribution in [-0.2, 0) is 17.7 Å². The zero-order valence-electron chi connectivity index (χ0n) is 15.6. The van der Waals surface area contributed by atoms with Gasteiger partial charge in [0.15, 0.2) is 11.6 Å². The molecule has 1 aromatic rings. The molecule has 3 heterocycles. The number of rotatable bonds is 2. The molecule has 1 aliphatic carbocycles. The fraction of sp³-hybridized carbons (Fsp3) is 0.684. The second-order valence-electron chi connectivity index (χ2n) is 8.76. The Bertz CT molecular complexity index is 719. The lowest BCUT2D eigenvalue weighted by atomic mass is 9.63. The molecule has 1 aromatic heterocycles. The average Bonchev–Trinajstić information content (AvgIpc) is 2.48. The summed E-state index contributed by atoms with van der Waals surface area (Å²) in [5.41, 5.74) is 1.28. The van der Waals surface area contributed by atoms with Crippen molar-refractivity contribution in [1.82, 2.24) is 15.2 Å². The summed E-state index contributed by atoms with van der Waals surface area (Å²) >= 11 is 0. The standard InChI is InChI=1S/C19H26FN3O3/c1-18(2,3)26-17(24)23-5-4-15-13(9-23)16(14(20)8-22-15)25-12-6-19(7-12)10-21-11-19/h8,12,21H,4-7,9-11H2,1-3H3. The van der Waals surface area contributed by atoms with Gasteiger partial charge in [-0.3, -0.25) is 4.98 Å². The third-order valence-corrected chi connectivity index (χ3v) is 5.40. The molecule has 7 heteroatoms. The van der Waals surface area contributed by atoms with Gasteiger partial charge in [0, 0.05) is 37.0 Å². The van der Waals surface area contributed by atoms with Crippen LogP contribution in [0.1, 0.15) is 44.9 Å². The quantitative estimate of drug-likeness (QED) is 0.875. The van der Waals surface area contributed by atoms with E-state index in [0.717, 1.165) is 31.6 Å². The molecule has 1 amide bonds. The van der Waals surface area contributed by atoms with Crippen LogP contribution in [0.2, 0.25) is 0 Å². The molecule has 3 aliphatic rings. The van der Waals surface area contributed by atoms with Crippen molar-refractivity contribution in [2.45, 2.75) is 58.3 Å². The summed E-state index contributed by atoms with van der Waals surface area (Å²) in [6, 6.07) is 0. The maximum Gasteiger partial charge on any atom is 0.410 e. The highest BCUT2D eigenvalue weighted by Crippen LogP contribution is 2.46. The Morgan fingerprint density at radius 1 is 1.38 bits per heavy atom. The molecule has 2 fully saturated rings. The van der Waals surface area contributed by atoms with Crippen LogP contribution in [0.15, 0.2) is 6.20 Å². The lowest BCUT2D eigenvalue weighted by Gasteiger charge is -2.53. The number of hydrogen-bond acceptors (Lipinski definition) is 5. The molecule has 1 saturated heterocycles. The third kappa shape index (κ3) is 3.24. The maximum absolute atomic E-state index is 14.5. The molecule has 4 rings (SSSR count). The molecule has 1 spiro atoms. The second kappa shape index (κ2) is 6.08. The number of nitrogens with zero attached hydrogens (tertiary/aromatic N) is 2. The number of aromatic nitrogens is 1. The molecule has 2 aliphatic heterocycles. The number of ether oxygens (including phenoxy) is 2. The molecule has 1 saturated carbocycles. The highest BCUT2D eigenvalue weighted by Gasteiger charge is 2.50. The number of hydrogen-bond donors (Lipinski definition) is 1.